The molecule has 2 atom stereocenters. The standard InChI is InChI=1S/C16H18OS/c1-13(15-9-5-3-6-10-15)18(17)14(2)16-11-7-4-8-12-16/h3-14H,1-2H3/t13-,14-/m1/s1. The van der Waals surface area contributed by atoms with E-state index in [1.807, 2.05) is 74.5 Å². The van der Waals surface area contributed by atoms with Gasteiger partial charge in [0.2, 0.25) is 0 Å². The third-order valence-electron chi connectivity index (χ3n) is 3.23. The molecular weight excluding hydrogens is 240 g/mol. The molecule has 94 valence electrons. The van der Waals surface area contributed by atoms with Crippen LogP contribution in [0.1, 0.15) is 35.5 Å². The highest BCUT2D eigenvalue weighted by Crippen LogP contribution is 2.29. The molecule has 2 aromatic carbocycles. The molecule has 2 rings (SSSR count). The van der Waals surface area contributed by atoms with Gasteiger partial charge in [-0.05, 0) is 25.0 Å². The summed E-state index contributed by atoms with van der Waals surface area (Å²) < 4.78 is 12.6. The van der Waals surface area contributed by atoms with Crippen molar-refractivity contribution in [1.82, 2.24) is 0 Å². The van der Waals surface area contributed by atoms with Gasteiger partial charge in [-0.2, -0.15) is 0 Å². The van der Waals surface area contributed by atoms with Crippen LogP contribution in [-0.4, -0.2) is 4.21 Å². The van der Waals surface area contributed by atoms with Crippen LogP contribution in [-0.2, 0) is 10.8 Å². The van der Waals surface area contributed by atoms with E-state index in [9.17, 15) is 4.21 Å². The maximum absolute atomic E-state index is 12.6. The molecule has 18 heavy (non-hydrogen) atoms. The zero-order valence-corrected chi connectivity index (χ0v) is 11.6. The summed E-state index contributed by atoms with van der Waals surface area (Å²) in [5, 5.41) is 0.114. The highest BCUT2D eigenvalue weighted by molar-refractivity contribution is 7.85. The Bertz CT molecular complexity index is 460. The number of hydrogen-bond donors (Lipinski definition) is 0. The zero-order chi connectivity index (χ0) is 13.0. The number of rotatable bonds is 4. The summed E-state index contributed by atoms with van der Waals surface area (Å²) in [6.07, 6.45) is 0. The lowest BCUT2D eigenvalue weighted by molar-refractivity contribution is 0.668. The summed E-state index contributed by atoms with van der Waals surface area (Å²) in [4.78, 5) is 0. The Balaban J connectivity index is 2.17. The van der Waals surface area contributed by atoms with E-state index >= 15 is 0 Å². The predicted octanol–water partition coefficient (Wildman–Crippen LogP) is 4.26. The van der Waals surface area contributed by atoms with Crippen LogP contribution in [0.25, 0.3) is 0 Å². The Hall–Kier alpha value is -1.41. The minimum Gasteiger partial charge on any atom is -0.258 e. The lowest BCUT2D eigenvalue weighted by Crippen LogP contribution is -2.09. The van der Waals surface area contributed by atoms with Crippen LogP contribution in [0.5, 0.6) is 0 Å². The second-order valence-corrected chi connectivity index (χ2v) is 6.51. The van der Waals surface area contributed by atoms with Crippen molar-refractivity contribution in [2.24, 2.45) is 0 Å². The average molecular weight is 258 g/mol. The quantitative estimate of drug-likeness (QED) is 0.801. The van der Waals surface area contributed by atoms with Gasteiger partial charge in [0.25, 0.3) is 0 Å². The third-order valence-corrected chi connectivity index (χ3v) is 5.17. The molecule has 0 aliphatic rings. The summed E-state index contributed by atoms with van der Waals surface area (Å²) in [6.45, 7) is 4.07. The molecule has 0 saturated carbocycles. The Labute approximate surface area is 111 Å². The Morgan fingerprint density at radius 3 is 1.39 bits per heavy atom. The molecule has 0 amide bonds. The van der Waals surface area contributed by atoms with Crippen LogP contribution in [0.2, 0.25) is 0 Å². The van der Waals surface area contributed by atoms with Crippen LogP contribution in [0.4, 0.5) is 0 Å². The predicted molar refractivity (Wildman–Crippen MR) is 77.9 cm³/mol. The first kappa shape index (κ1) is 13.0. The first-order chi connectivity index (χ1) is 8.70. The van der Waals surface area contributed by atoms with Crippen molar-refractivity contribution in [2.45, 2.75) is 24.3 Å². The summed E-state index contributed by atoms with van der Waals surface area (Å²) in [5.74, 6) is 0. The summed E-state index contributed by atoms with van der Waals surface area (Å²) in [7, 11) is -0.911. The smallest absolute Gasteiger partial charge is 0.0575 e. The first-order valence-corrected chi connectivity index (χ1v) is 7.47. The van der Waals surface area contributed by atoms with Crippen molar-refractivity contribution in [3.8, 4) is 0 Å². The van der Waals surface area contributed by atoms with Gasteiger partial charge in [0, 0.05) is 10.8 Å². The highest BCUT2D eigenvalue weighted by atomic mass is 32.2. The van der Waals surface area contributed by atoms with Gasteiger partial charge < -0.3 is 0 Å². The van der Waals surface area contributed by atoms with Gasteiger partial charge in [0.15, 0.2) is 0 Å². The Kier molecular flexibility index (Phi) is 4.32. The molecule has 0 spiro atoms. The van der Waals surface area contributed by atoms with E-state index in [-0.39, 0.29) is 10.5 Å². The van der Waals surface area contributed by atoms with Crippen LogP contribution in [0.15, 0.2) is 60.7 Å². The minimum absolute atomic E-state index is 0.0569. The van der Waals surface area contributed by atoms with E-state index in [4.69, 9.17) is 0 Å². The molecule has 1 nitrogen and oxygen atoms in total. The molecule has 0 bridgehead atoms. The second kappa shape index (κ2) is 5.96. The molecule has 0 N–H and O–H groups in total. The lowest BCUT2D eigenvalue weighted by Gasteiger charge is -2.18. The molecule has 0 fully saturated rings. The Morgan fingerprint density at radius 1 is 0.722 bits per heavy atom. The molecule has 2 aromatic rings. The maximum atomic E-state index is 12.6. The van der Waals surface area contributed by atoms with E-state index < -0.39 is 10.8 Å². The molecule has 2 heteroatoms. The van der Waals surface area contributed by atoms with E-state index in [1.54, 1.807) is 0 Å². The molecule has 0 aromatic heterocycles. The van der Waals surface area contributed by atoms with E-state index in [0.717, 1.165) is 11.1 Å². The topological polar surface area (TPSA) is 17.1 Å². The molecular formula is C16H18OS. The van der Waals surface area contributed by atoms with Crippen molar-refractivity contribution in [2.75, 3.05) is 0 Å². The largest absolute Gasteiger partial charge is 0.258 e. The van der Waals surface area contributed by atoms with Gasteiger partial charge in [0.1, 0.15) is 0 Å². The van der Waals surface area contributed by atoms with Crippen LogP contribution < -0.4 is 0 Å². The zero-order valence-electron chi connectivity index (χ0n) is 10.7. The highest BCUT2D eigenvalue weighted by Gasteiger charge is 2.20. The summed E-state index contributed by atoms with van der Waals surface area (Å²) >= 11 is 0. The van der Waals surface area contributed by atoms with Gasteiger partial charge >= 0.3 is 0 Å². The molecule has 0 heterocycles. The van der Waals surface area contributed by atoms with Crippen LogP contribution in [0, 0.1) is 0 Å². The molecule has 0 radical (unpaired) electrons. The lowest BCUT2D eigenvalue weighted by atomic mass is 10.2. The summed E-state index contributed by atoms with van der Waals surface area (Å²) in [6, 6.07) is 20.1. The van der Waals surface area contributed by atoms with Crippen molar-refractivity contribution < 1.29 is 4.21 Å². The molecule has 0 saturated heterocycles. The van der Waals surface area contributed by atoms with Crippen LogP contribution in [0.3, 0.4) is 0 Å². The normalized spacial score (nSPS) is 14.4. The van der Waals surface area contributed by atoms with Crippen molar-refractivity contribution >= 4 is 10.8 Å². The second-order valence-electron chi connectivity index (χ2n) is 4.43. The number of benzene rings is 2. The fourth-order valence-corrected chi connectivity index (χ4v) is 3.49. The number of hydrogen-bond acceptors (Lipinski definition) is 1. The monoisotopic (exact) mass is 258 g/mol. The molecule has 0 unspecified atom stereocenters. The van der Waals surface area contributed by atoms with Gasteiger partial charge in [0.05, 0.1) is 10.5 Å². The fourth-order valence-electron chi connectivity index (χ4n) is 2.02. The Morgan fingerprint density at radius 2 is 1.06 bits per heavy atom. The summed E-state index contributed by atoms with van der Waals surface area (Å²) in [5.41, 5.74) is 2.28. The molecule has 0 aliphatic carbocycles. The van der Waals surface area contributed by atoms with E-state index in [1.165, 1.54) is 0 Å². The van der Waals surface area contributed by atoms with E-state index in [0.29, 0.717) is 0 Å². The first-order valence-electron chi connectivity index (χ1n) is 6.19. The minimum atomic E-state index is -0.911. The maximum Gasteiger partial charge on any atom is 0.0575 e. The van der Waals surface area contributed by atoms with E-state index in [2.05, 4.69) is 0 Å². The van der Waals surface area contributed by atoms with Crippen LogP contribution >= 0.6 is 0 Å². The SMILES string of the molecule is C[C@H](c1ccccc1)S(=O)[C@H](C)c1ccccc1. The van der Waals surface area contributed by atoms with Gasteiger partial charge in [-0.25, -0.2) is 0 Å². The van der Waals surface area contributed by atoms with Gasteiger partial charge in [-0.15, -0.1) is 0 Å². The molecule has 0 aliphatic heterocycles. The van der Waals surface area contributed by atoms with Gasteiger partial charge in [-0.1, -0.05) is 60.7 Å². The van der Waals surface area contributed by atoms with Crippen molar-refractivity contribution in [3.05, 3.63) is 71.8 Å². The fraction of sp³-hybridized carbons (Fsp3) is 0.250. The average Bonchev–Trinajstić information content (AvgIpc) is 2.47. The third kappa shape index (κ3) is 2.88. The van der Waals surface area contributed by atoms with Crippen molar-refractivity contribution in [3.63, 3.8) is 0 Å². The van der Waals surface area contributed by atoms with Crippen molar-refractivity contribution in [1.29, 1.82) is 0 Å². The van der Waals surface area contributed by atoms with Gasteiger partial charge in [-0.3, -0.25) is 4.21 Å².